The van der Waals surface area contributed by atoms with Crippen LogP contribution in [-0.2, 0) is 0 Å². The van der Waals surface area contributed by atoms with Crippen molar-refractivity contribution in [1.82, 2.24) is 0 Å². The van der Waals surface area contributed by atoms with Gasteiger partial charge in [0.05, 0.1) is 22.7 Å². The number of nitrogens with zero attached hydrogens (tertiary/aromatic N) is 4. The normalized spacial score (nSPS) is 11.6. The highest BCUT2D eigenvalue weighted by atomic mass is 15.2. The maximum atomic E-state index is 2.53. The van der Waals surface area contributed by atoms with Gasteiger partial charge in [-0.25, -0.2) is 0 Å². The molecule has 0 aromatic heterocycles. The van der Waals surface area contributed by atoms with Gasteiger partial charge in [0, 0.05) is 77.8 Å². The minimum Gasteiger partial charge on any atom is -0.310 e. The van der Waals surface area contributed by atoms with Crippen LogP contribution in [0.15, 0.2) is 303 Å². The van der Waals surface area contributed by atoms with Crippen molar-refractivity contribution in [3.8, 4) is 0 Å². The van der Waals surface area contributed by atoms with Crippen molar-refractivity contribution in [3.05, 3.63) is 326 Å². The molecule has 0 atom stereocenters. The molecule has 88 heavy (non-hydrogen) atoms. The molecule has 0 unspecified atom stereocenters. The van der Waals surface area contributed by atoms with E-state index in [0.29, 0.717) is 0 Å². The van der Waals surface area contributed by atoms with Gasteiger partial charge in [0.15, 0.2) is 0 Å². The molecular weight excluding hydrogens is 1060 g/mol. The number of para-hydroxylation sites is 4. The molecule has 0 aliphatic heterocycles. The number of anilines is 12. The molecule has 418 valence electrons. The Hall–Kier alpha value is -11.2. The molecule has 0 aliphatic carbocycles. The lowest BCUT2D eigenvalue weighted by molar-refractivity contribution is 1.24. The molecule has 16 aromatic rings. The second-order valence-electron chi connectivity index (χ2n) is 23.5. The van der Waals surface area contributed by atoms with Crippen molar-refractivity contribution in [1.29, 1.82) is 0 Å². The third kappa shape index (κ3) is 8.83. The average molecular weight is 1130 g/mol. The van der Waals surface area contributed by atoms with Crippen molar-refractivity contribution >= 4 is 144 Å². The predicted octanol–water partition coefficient (Wildman–Crippen LogP) is 24.3. The summed E-state index contributed by atoms with van der Waals surface area (Å²) in [6, 6.07) is 113. The van der Waals surface area contributed by atoms with Crippen LogP contribution in [0, 0.1) is 27.7 Å². The first-order valence-electron chi connectivity index (χ1n) is 30.5. The highest BCUT2D eigenvalue weighted by Crippen LogP contribution is 2.56. The number of fused-ring (bicyclic) bond motifs is 4. The van der Waals surface area contributed by atoms with Crippen LogP contribution in [-0.4, -0.2) is 0 Å². The molecule has 16 aromatic carbocycles. The molecule has 16 rings (SSSR count). The Morgan fingerprint density at radius 1 is 0.170 bits per heavy atom. The molecule has 4 heteroatoms. The van der Waals surface area contributed by atoms with Gasteiger partial charge in [0.1, 0.15) is 0 Å². The molecule has 0 N–H and O–H groups in total. The molecular formula is C84H62N4. The van der Waals surface area contributed by atoms with Gasteiger partial charge in [-0.1, -0.05) is 218 Å². The second kappa shape index (κ2) is 21.4. The van der Waals surface area contributed by atoms with Crippen molar-refractivity contribution in [2.75, 3.05) is 19.6 Å². The first kappa shape index (κ1) is 52.4. The Labute approximate surface area is 513 Å². The van der Waals surface area contributed by atoms with Crippen LogP contribution in [0.4, 0.5) is 68.2 Å². The minimum atomic E-state index is 1.07. The lowest BCUT2D eigenvalue weighted by Gasteiger charge is -2.35. The maximum Gasteiger partial charge on any atom is 0.0561 e. The third-order valence-electron chi connectivity index (χ3n) is 18.2. The van der Waals surface area contributed by atoms with Gasteiger partial charge >= 0.3 is 0 Å². The van der Waals surface area contributed by atoms with E-state index in [4.69, 9.17) is 0 Å². The average Bonchev–Trinajstić information content (AvgIpc) is 0.747. The van der Waals surface area contributed by atoms with Crippen LogP contribution < -0.4 is 19.6 Å². The monoisotopic (exact) mass is 1130 g/mol. The lowest BCUT2D eigenvalue weighted by Crippen LogP contribution is -2.17. The second-order valence-corrected chi connectivity index (χ2v) is 23.5. The Kier molecular flexibility index (Phi) is 12.7. The van der Waals surface area contributed by atoms with E-state index >= 15 is 0 Å². The van der Waals surface area contributed by atoms with E-state index in [-0.39, 0.29) is 0 Å². The molecule has 0 aliphatic rings. The maximum absolute atomic E-state index is 2.53. The van der Waals surface area contributed by atoms with E-state index in [0.717, 1.165) is 89.8 Å². The lowest BCUT2D eigenvalue weighted by atomic mass is 9.88. The molecule has 0 radical (unpaired) electrons. The summed E-state index contributed by atoms with van der Waals surface area (Å²) in [4.78, 5) is 10.1. The van der Waals surface area contributed by atoms with Crippen molar-refractivity contribution < 1.29 is 0 Å². The summed E-state index contributed by atoms with van der Waals surface area (Å²) in [7, 11) is 0. The first-order chi connectivity index (χ1) is 43.3. The molecule has 0 saturated heterocycles. The van der Waals surface area contributed by atoms with E-state index in [1.54, 1.807) is 0 Å². The van der Waals surface area contributed by atoms with E-state index < -0.39 is 0 Å². The largest absolute Gasteiger partial charge is 0.310 e. The summed E-state index contributed by atoms with van der Waals surface area (Å²) >= 11 is 0. The third-order valence-corrected chi connectivity index (χ3v) is 18.2. The topological polar surface area (TPSA) is 13.0 Å². The van der Waals surface area contributed by atoms with Gasteiger partial charge < -0.3 is 19.6 Å². The Morgan fingerprint density at radius 2 is 0.375 bits per heavy atom. The van der Waals surface area contributed by atoms with E-state index in [1.807, 2.05) is 0 Å². The molecule has 0 fully saturated rings. The Morgan fingerprint density at radius 3 is 0.602 bits per heavy atom. The quantitative estimate of drug-likeness (QED) is 0.113. The summed E-state index contributed by atoms with van der Waals surface area (Å²) in [6.07, 6.45) is 0. The zero-order chi connectivity index (χ0) is 59.0. The fourth-order valence-electron chi connectivity index (χ4n) is 13.8. The molecule has 0 saturated carbocycles. The number of hydrogen-bond donors (Lipinski definition) is 0. The minimum absolute atomic E-state index is 1.07. The number of hydrogen-bond acceptors (Lipinski definition) is 4. The van der Waals surface area contributed by atoms with Crippen molar-refractivity contribution in [3.63, 3.8) is 0 Å². The van der Waals surface area contributed by atoms with Gasteiger partial charge in [-0.3, -0.25) is 0 Å². The van der Waals surface area contributed by atoms with Crippen LogP contribution in [0.5, 0.6) is 0 Å². The van der Waals surface area contributed by atoms with Crippen LogP contribution in [0.1, 0.15) is 22.3 Å². The predicted molar refractivity (Wildman–Crippen MR) is 378 cm³/mol. The Balaban J connectivity index is 1.11. The zero-order valence-electron chi connectivity index (χ0n) is 49.7. The number of benzene rings is 16. The molecule has 0 spiro atoms. The van der Waals surface area contributed by atoms with E-state index in [9.17, 15) is 0 Å². The zero-order valence-corrected chi connectivity index (χ0v) is 49.7. The molecule has 0 bridgehead atoms. The van der Waals surface area contributed by atoms with Gasteiger partial charge in [0.25, 0.3) is 0 Å². The summed E-state index contributed by atoms with van der Waals surface area (Å²) in [5.74, 6) is 0. The van der Waals surface area contributed by atoms with Gasteiger partial charge in [-0.2, -0.15) is 0 Å². The van der Waals surface area contributed by atoms with Crippen LogP contribution in [0.3, 0.4) is 0 Å². The van der Waals surface area contributed by atoms with Crippen molar-refractivity contribution in [2.45, 2.75) is 27.7 Å². The fraction of sp³-hybridized carbons (Fsp3) is 0.0476. The molecule has 0 heterocycles. The summed E-state index contributed by atoms with van der Waals surface area (Å²) in [6.45, 7) is 8.97. The van der Waals surface area contributed by atoms with E-state index in [1.165, 1.54) is 76.1 Å². The highest BCUT2D eigenvalue weighted by molar-refractivity contribution is 6.33. The highest BCUT2D eigenvalue weighted by Gasteiger charge is 2.30. The molecule has 4 nitrogen and oxygen atoms in total. The van der Waals surface area contributed by atoms with Gasteiger partial charge in [-0.05, 0) is 178 Å². The fourth-order valence-corrected chi connectivity index (χ4v) is 13.8. The summed E-state index contributed by atoms with van der Waals surface area (Å²) < 4.78 is 0. The SMILES string of the molecule is Cc1ccccc1N(c1ccc2ccccc2c1)c1cc(N(c2ccc3ccccc3c2)c2ccccc2C)c2ccc3c(N(c4ccc5ccccc5c4)c4ccccc4C)cc(N(c4ccc5ccccc5c4)c4ccccc4C)c4ccc1c2c43. The van der Waals surface area contributed by atoms with Crippen molar-refractivity contribution in [2.24, 2.45) is 0 Å². The van der Waals surface area contributed by atoms with Gasteiger partial charge in [-0.15, -0.1) is 0 Å². The standard InChI is InChI=1S/C84H62N4/c1-55-21-5-17-33-75(55)85(67-41-37-59-25-9-13-29-63(59)49-67)79-53-80(86(76-34-18-6-22-56(76)2)68-42-38-60-26-10-14-30-64(60)50-68)72-47-48-74-82(88(78-36-20-8-24-58(78)4)70-44-40-62-28-12-16-32-66(62)52-70)54-81(73-46-45-71(79)83(72)84(73)74)87(77-35-19-7-23-57(77)3)69-43-39-61-27-11-15-31-65(61)51-69/h5-54H,1-4H3. The van der Waals surface area contributed by atoms with Gasteiger partial charge in [0.2, 0.25) is 0 Å². The van der Waals surface area contributed by atoms with Crippen LogP contribution >= 0.6 is 0 Å². The summed E-state index contributed by atoms with van der Waals surface area (Å²) in [5.41, 5.74) is 17.7. The number of rotatable bonds is 12. The Bertz CT molecular complexity index is 4730. The number of aryl methyl sites for hydroxylation is 4. The first-order valence-corrected chi connectivity index (χ1v) is 30.5. The summed E-state index contributed by atoms with van der Waals surface area (Å²) in [5, 5.41) is 16.4. The molecule has 0 amide bonds. The van der Waals surface area contributed by atoms with E-state index in [2.05, 4.69) is 351 Å². The smallest absolute Gasteiger partial charge is 0.0561 e. The van der Waals surface area contributed by atoms with Crippen LogP contribution in [0.25, 0.3) is 75.4 Å². The van der Waals surface area contributed by atoms with Crippen LogP contribution in [0.2, 0.25) is 0 Å².